The maximum atomic E-state index is 7.24. The van der Waals surface area contributed by atoms with Crippen molar-refractivity contribution in [3.05, 3.63) is 192 Å². The van der Waals surface area contributed by atoms with Gasteiger partial charge in [0.05, 0.1) is 11.3 Å². The summed E-state index contributed by atoms with van der Waals surface area (Å²) in [6, 6.07) is 38.0. The Morgan fingerprint density at radius 2 is 1.02 bits per heavy atom. The summed E-state index contributed by atoms with van der Waals surface area (Å²) in [4.78, 5) is 0. The van der Waals surface area contributed by atoms with E-state index >= 15 is 0 Å². The lowest BCUT2D eigenvalue weighted by Gasteiger charge is -2.27. The molecule has 6 aromatic rings. The summed E-state index contributed by atoms with van der Waals surface area (Å²) in [5.41, 5.74) is 9.01. The molecular formula is C48H36O4P2. The normalized spacial score (nSPS) is 20.6. The molecule has 6 aromatic carbocycles. The zero-order valence-electron chi connectivity index (χ0n) is 29.5. The topological polar surface area (TPSA) is 36.9 Å². The van der Waals surface area contributed by atoms with Crippen LogP contribution < -0.4 is 18.1 Å². The van der Waals surface area contributed by atoms with Crippen LogP contribution in [-0.4, -0.2) is 11.3 Å². The first-order valence-corrected chi connectivity index (χ1v) is 20.7. The van der Waals surface area contributed by atoms with E-state index in [-0.39, 0.29) is 11.3 Å². The molecule has 2 aliphatic heterocycles. The van der Waals surface area contributed by atoms with Gasteiger partial charge in [-0.15, -0.1) is 0 Å². The Bertz CT molecular complexity index is 2470. The van der Waals surface area contributed by atoms with Crippen molar-refractivity contribution < 1.29 is 18.1 Å². The van der Waals surface area contributed by atoms with E-state index in [0.717, 1.165) is 79.6 Å². The van der Waals surface area contributed by atoms with E-state index in [1.54, 1.807) is 0 Å². The van der Waals surface area contributed by atoms with Crippen molar-refractivity contribution in [3.8, 4) is 34.1 Å². The van der Waals surface area contributed by atoms with E-state index < -0.39 is 16.8 Å². The molecule has 0 saturated carbocycles. The van der Waals surface area contributed by atoms with Crippen molar-refractivity contribution in [1.82, 2.24) is 0 Å². The average Bonchev–Trinajstić information content (AvgIpc) is 3.81. The Kier molecular flexibility index (Phi) is 8.32. The fourth-order valence-corrected chi connectivity index (χ4v) is 11.2. The number of hydrogen-bond acceptors (Lipinski definition) is 4. The number of fused-ring (bicyclic) bond motifs is 6. The predicted molar refractivity (Wildman–Crippen MR) is 226 cm³/mol. The van der Waals surface area contributed by atoms with Crippen LogP contribution in [-0.2, 0) is 12.8 Å². The standard InChI is InChI=1S/C48H36O4P2/c1-3-31-19-23-39-33(27-31)21-25-43(51-53-45-17-9-13-37(45)29-35-11-5-7-15-41(35)49-53)47(39)48-40-24-20-32(4-2)28-34(40)22-26-44(48)52-54-46-18-10-14-38(46)30-36-12-6-8-16-42(36)50-54/h3-28,45-46H,1-2,29-30H2. The minimum absolute atomic E-state index is 0.0275. The summed E-state index contributed by atoms with van der Waals surface area (Å²) in [6.45, 7) is 8.11. The van der Waals surface area contributed by atoms with Gasteiger partial charge in [-0.05, 0) is 104 Å². The number of rotatable bonds is 7. The Hall–Kier alpha value is -5.66. The van der Waals surface area contributed by atoms with Crippen LogP contribution in [0.4, 0.5) is 0 Å². The summed E-state index contributed by atoms with van der Waals surface area (Å²) < 4.78 is 28.2. The highest BCUT2D eigenvalue weighted by molar-refractivity contribution is 7.50. The van der Waals surface area contributed by atoms with Crippen molar-refractivity contribution >= 4 is 50.4 Å². The molecule has 4 nitrogen and oxygen atoms in total. The van der Waals surface area contributed by atoms with Gasteiger partial charge in [0.2, 0.25) is 0 Å². The van der Waals surface area contributed by atoms with E-state index in [0.29, 0.717) is 0 Å². The first kappa shape index (κ1) is 32.9. The highest BCUT2D eigenvalue weighted by Gasteiger charge is 2.37. The molecule has 0 amide bonds. The quantitative estimate of drug-likeness (QED) is 0.153. The van der Waals surface area contributed by atoms with Gasteiger partial charge in [-0.3, -0.25) is 0 Å². The molecule has 4 atom stereocenters. The van der Waals surface area contributed by atoms with Crippen LogP contribution in [0, 0.1) is 0 Å². The van der Waals surface area contributed by atoms with Crippen LogP contribution in [0.15, 0.2) is 170 Å². The third-order valence-electron chi connectivity index (χ3n) is 10.6. The summed E-state index contributed by atoms with van der Waals surface area (Å²) in [5.74, 6) is 3.23. The molecule has 2 aliphatic carbocycles. The Morgan fingerprint density at radius 3 is 1.48 bits per heavy atom. The number of allylic oxidation sites excluding steroid dienone is 8. The Balaban J connectivity index is 1.18. The van der Waals surface area contributed by atoms with E-state index in [2.05, 4.69) is 147 Å². The van der Waals surface area contributed by atoms with Crippen LogP contribution in [0.1, 0.15) is 22.3 Å². The minimum atomic E-state index is -1.45. The van der Waals surface area contributed by atoms with Gasteiger partial charge >= 0.3 is 16.8 Å². The fourth-order valence-electron chi connectivity index (χ4n) is 7.90. The molecule has 0 bridgehead atoms. The highest BCUT2D eigenvalue weighted by atomic mass is 31.2. The van der Waals surface area contributed by atoms with Crippen molar-refractivity contribution in [2.24, 2.45) is 0 Å². The van der Waals surface area contributed by atoms with Crippen LogP contribution in [0.25, 0.3) is 44.8 Å². The summed E-state index contributed by atoms with van der Waals surface area (Å²) >= 11 is 0. The van der Waals surface area contributed by atoms with Crippen LogP contribution in [0.2, 0.25) is 0 Å². The third kappa shape index (κ3) is 5.78. The molecule has 0 radical (unpaired) electrons. The van der Waals surface area contributed by atoms with Crippen molar-refractivity contribution in [3.63, 3.8) is 0 Å². The number of hydrogen-bond donors (Lipinski definition) is 0. The number of para-hydroxylation sites is 2. The lowest BCUT2D eigenvalue weighted by atomic mass is 9.91. The molecule has 2 heterocycles. The SMILES string of the molecule is C=Cc1ccc2c(-c3c(OP4Oc5ccccc5CC5=CC=CC54)ccc4cc(C=C)ccc34)c(OP3Oc4ccccc4CC4=CC=CC43)ccc2c1. The highest BCUT2D eigenvalue weighted by Crippen LogP contribution is 2.59. The smallest absolute Gasteiger partial charge is 0.302 e. The zero-order chi connectivity index (χ0) is 36.2. The second-order valence-electron chi connectivity index (χ2n) is 13.9. The molecule has 262 valence electrons. The molecule has 4 unspecified atom stereocenters. The average molecular weight is 739 g/mol. The Morgan fingerprint density at radius 1 is 0.556 bits per heavy atom. The van der Waals surface area contributed by atoms with Gasteiger partial charge in [0, 0.05) is 11.1 Å². The molecule has 0 N–H and O–H groups in total. The van der Waals surface area contributed by atoms with E-state index in [1.807, 2.05) is 24.3 Å². The summed E-state index contributed by atoms with van der Waals surface area (Å²) in [5, 5.41) is 4.26. The first-order chi connectivity index (χ1) is 26.6. The second kappa shape index (κ2) is 13.6. The lowest BCUT2D eigenvalue weighted by Crippen LogP contribution is -2.11. The van der Waals surface area contributed by atoms with Crippen LogP contribution in [0.5, 0.6) is 23.0 Å². The molecule has 0 fully saturated rings. The van der Waals surface area contributed by atoms with E-state index in [4.69, 9.17) is 18.1 Å². The van der Waals surface area contributed by atoms with Gasteiger partial charge in [-0.2, -0.15) is 0 Å². The van der Waals surface area contributed by atoms with Gasteiger partial charge in [0.15, 0.2) is 0 Å². The minimum Gasteiger partial charge on any atom is -0.438 e. The van der Waals surface area contributed by atoms with Crippen LogP contribution >= 0.6 is 16.8 Å². The van der Waals surface area contributed by atoms with Gasteiger partial charge in [-0.25, -0.2) is 0 Å². The van der Waals surface area contributed by atoms with Gasteiger partial charge in [-0.1, -0.05) is 135 Å². The van der Waals surface area contributed by atoms with E-state index in [1.165, 1.54) is 22.3 Å². The van der Waals surface area contributed by atoms with E-state index in [9.17, 15) is 0 Å². The van der Waals surface area contributed by atoms with Crippen LogP contribution in [0.3, 0.4) is 0 Å². The molecule has 0 aromatic heterocycles. The predicted octanol–water partition coefficient (Wildman–Crippen LogP) is 13.3. The van der Waals surface area contributed by atoms with Gasteiger partial charge in [0.1, 0.15) is 23.0 Å². The molecule has 4 aliphatic rings. The Labute approximate surface area is 317 Å². The van der Waals surface area contributed by atoms with Crippen molar-refractivity contribution in [1.29, 1.82) is 0 Å². The molecule has 54 heavy (non-hydrogen) atoms. The van der Waals surface area contributed by atoms with Crippen molar-refractivity contribution in [2.45, 2.75) is 24.2 Å². The molecule has 0 spiro atoms. The third-order valence-corrected chi connectivity index (χ3v) is 14.1. The number of benzene rings is 6. The fraction of sp³-hybridized carbons (Fsp3) is 0.0833. The maximum absolute atomic E-state index is 7.24. The lowest BCUT2D eigenvalue weighted by molar-refractivity contribution is 0.485. The first-order valence-electron chi connectivity index (χ1n) is 18.2. The zero-order valence-corrected chi connectivity index (χ0v) is 31.3. The summed E-state index contributed by atoms with van der Waals surface area (Å²) in [6.07, 6.45) is 18.6. The maximum Gasteiger partial charge on any atom is 0.302 e. The van der Waals surface area contributed by atoms with Gasteiger partial charge in [0.25, 0.3) is 0 Å². The van der Waals surface area contributed by atoms with Gasteiger partial charge < -0.3 is 18.1 Å². The monoisotopic (exact) mass is 738 g/mol. The molecule has 6 heteroatoms. The van der Waals surface area contributed by atoms with Crippen molar-refractivity contribution in [2.75, 3.05) is 0 Å². The second-order valence-corrected chi connectivity index (χ2v) is 16.9. The molecule has 0 saturated heterocycles. The summed E-state index contributed by atoms with van der Waals surface area (Å²) in [7, 11) is -2.91. The molecular weight excluding hydrogens is 702 g/mol. The largest absolute Gasteiger partial charge is 0.438 e. The molecule has 10 rings (SSSR count).